The van der Waals surface area contributed by atoms with Crippen LogP contribution in [0.4, 0.5) is 5.82 Å². The molecule has 0 saturated heterocycles. The first-order chi connectivity index (χ1) is 12.2. The van der Waals surface area contributed by atoms with Crippen LogP contribution < -0.4 is 11.1 Å². The van der Waals surface area contributed by atoms with Crippen LogP contribution in [0, 0.1) is 0 Å². The van der Waals surface area contributed by atoms with Gasteiger partial charge in [0, 0.05) is 31.1 Å². The molecule has 3 rings (SSSR count). The van der Waals surface area contributed by atoms with Gasteiger partial charge in [-0.3, -0.25) is 9.78 Å². The van der Waals surface area contributed by atoms with E-state index >= 15 is 0 Å². The number of nitrogens with two attached hydrogens (primary N) is 1. The molecule has 8 heteroatoms. The van der Waals surface area contributed by atoms with Crippen molar-refractivity contribution in [3.05, 3.63) is 42.5 Å². The topological polar surface area (TPSA) is 118 Å². The van der Waals surface area contributed by atoms with Gasteiger partial charge >= 0.3 is 0 Å². The molecule has 0 aromatic carbocycles. The maximum atomic E-state index is 12.2. The number of nitrogens with zero attached hydrogens (tertiary/aromatic N) is 4. The Hall–Kier alpha value is -3.00. The number of nitrogen functional groups attached to an aromatic ring is 1. The highest BCUT2D eigenvalue weighted by Gasteiger charge is 2.17. The number of hydrogen-bond donors (Lipinski definition) is 3. The van der Waals surface area contributed by atoms with Crippen LogP contribution >= 0.6 is 0 Å². The van der Waals surface area contributed by atoms with E-state index in [0.717, 1.165) is 23.2 Å². The average molecular weight is 340 g/mol. The molecule has 0 fully saturated rings. The highest BCUT2D eigenvalue weighted by molar-refractivity contribution is 5.86. The third-order valence-corrected chi connectivity index (χ3v) is 3.90. The Morgan fingerprint density at radius 1 is 1.28 bits per heavy atom. The van der Waals surface area contributed by atoms with Crippen molar-refractivity contribution < 1.29 is 9.90 Å². The van der Waals surface area contributed by atoms with E-state index in [-0.39, 0.29) is 18.9 Å². The number of hydrogen-bond acceptors (Lipinski definition) is 6. The minimum absolute atomic E-state index is 0.102. The van der Waals surface area contributed by atoms with Gasteiger partial charge in [0.05, 0.1) is 12.1 Å². The minimum atomic E-state index is -0.102. The van der Waals surface area contributed by atoms with Gasteiger partial charge in [-0.05, 0) is 36.6 Å². The number of carbonyl (C=O) groups excluding carboxylic acids is 1. The summed E-state index contributed by atoms with van der Waals surface area (Å²) < 4.78 is 1.70. The first-order valence-corrected chi connectivity index (χ1v) is 8.09. The van der Waals surface area contributed by atoms with Crippen molar-refractivity contribution in [2.24, 2.45) is 0 Å². The number of fused-ring (bicyclic) bond motifs is 1. The molecule has 3 aromatic heterocycles. The molecule has 0 unspecified atom stereocenters. The number of amides is 1. The number of nitrogens with one attached hydrogen (secondary N) is 1. The van der Waals surface area contributed by atoms with Gasteiger partial charge in [-0.15, -0.1) is 0 Å². The molecule has 0 saturated carbocycles. The fraction of sp³-hybridized carbons (Fsp3) is 0.294. The van der Waals surface area contributed by atoms with Gasteiger partial charge in [0.15, 0.2) is 5.82 Å². The first kappa shape index (κ1) is 16.8. The zero-order valence-electron chi connectivity index (χ0n) is 13.7. The Bertz CT molecular complexity index is 862. The molecule has 0 aliphatic heterocycles. The number of anilines is 1. The van der Waals surface area contributed by atoms with Crippen LogP contribution in [0.3, 0.4) is 0 Å². The Labute approximate surface area is 144 Å². The van der Waals surface area contributed by atoms with E-state index in [1.807, 2.05) is 18.2 Å². The lowest BCUT2D eigenvalue weighted by atomic mass is 10.1. The molecular formula is C17H20N6O2. The molecule has 0 aliphatic rings. The van der Waals surface area contributed by atoms with Crippen LogP contribution in [0.1, 0.15) is 18.4 Å². The van der Waals surface area contributed by atoms with Gasteiger partial charge in [-0.2, -0.15) is 5.10 Å². The second-order valence-electron chi connectivity index (χ2n) is 5.65. The Balaban J connectivity index is 1.89. The summed E-state index contributed by atoms with van der Waals surface area (Å²) in [6.45, 7) is 0.664. The summed E-state index contributed by atoms with van der Waals surface area (Å²) in [5, 5.41) is 15.9. The molecule has 25 heavy (non-hydrogen) atoms. The minimum Gasteiger partial charge on any atom is -0.396 e. The Morgan fingerprint density at radius 3 is 2.84 bits per heavy atom. The van der Waals surface area contributed by atoms with Crippen LogP contribution in [-0.2, 0) is 11.2 Å². The molecule has 0 spiro atoms. The second-order valence-corrected chi connectivity index (χ2v) is 5.65. The molecule has 3 heterocycles. The lowest BCUT2D eigenvalue weighted by Crippen LogP contribution is -2.26. The number of unbranched alkanes of at least 4 members (excludes halogenated alkanes) is 1. The van der Waals surface area contributed by atoms with Gasteiger partial charge in [-0.1, -0.05) is 0 Å². The smallest absolute Gasteiger partial charge is 0.224 e. The van der Waals surface area contributed by atoms with Crippen molar-refractivity contribution in [2.75, 3.05) is 18.9 Å². The van der Waals surface area contributed by atoms with Crippen LogP contribution in [0.15, 0.2) is 36.9 Å². The molecule has 3 aromatic rings. The molecule has 1 amide bonds. The fourth-order valence-electron chi connectivity index (χ4n) is 2.71. The highest BCUT2D eigenvalue weighted by Crippen LogP contribution is 2.27. The van der Waals surface area contributed by atoms with Gasteiger partial charge < -0.3 is 16.2 Å². The standard InChI is InChI=1S/C17H20N6O2/c18-17-16-13(10-15(25)20-5-1-2-8-24)9-14(23(16)22-11-21-17)12-3-6-19-7-4-12/h3-4,6-7,9,11,24H,1-2,5,8,10H2,(H,20,25)(H2,18,21,22). The molecule has 0 bridgehead atoms. The van der Waals surface area contributed by atoms with E-state index in [9.17, 15) is 4.79 Å². The van der Waals surface area contributed by atoms with Crippen LogP contribution in [-0.4, -0.2) is 43.7 Å². The number of carbonyl (C=O) groups is 1. The predicted octanol–water partition coefficient (Wildman–Crippen LogP) is 0.805. The largest absolute Gasteiger partial charge is 0.396 e. The van der Waals surface area contributed by atoms with E-state index < -0.39 is 0 Å². The normalized spacial score (nSPS) is 10.9. The van der Waals surface area contributed by atoms with Crippen molar-refractivity contribution >= 4 is 17.2 Å². The summed E-state index contributed by atoms with van der Waals surface area (Å²) in [5.74, 6) is 0.230. The Kier molecular flexibility index (Phi) is 5.20. The molecule has 4 N–H and O–H groups in total. The zero-order valence-corrected chi connectivity index (χ0v) is 13.7. The number of aliphatic hydroxyl groups excluding tert-OH is 1. The maximum absolute atomic E-state index is 12.2. The van der Waals surface area contributed by atoms with E-state index in [4.69, 9.17) is 10.8 Å². The fourth-order valence-corrected chi connectivity index (χ4v) is 2.71. The molecule has 0 aliphatic carbocycles. The molecule has 130 valence electrons. The van der Waals surface area contributed by atoms with Crippen molar-refractivity contribution in [1.29, 1.82) is 0 Å². The third-order valence-electron chi connectivity index (χ3n) is 3.90. The summed E-state index contributed by atoms with van der Waals surface area (Å²) in [6, 6.07) is 5.65. The Morgan fingerprint density at radius 2 is 2.08 bits per heavy atom. The van der Waals surface area contributed by atoms with Crippen LogP contribution in [0.5, 0.6) is 0 Å². The summed E-state index contributed by atoms with van der Waals surface area (Å²) in [6.07, 6.45) is 6.39. The summed E-state index contributed by atoms with van der Waals surface area (Å²) in [4.78, 5) is 20.3. The predicted molar refractivity (Wildman–Crippen MR) is 93.7 cm³/mol. The van der Waals surface area contributed by atoms with E-state index in [2.05, 4.69) is 20.4 Å². The molecule has 8 nitrogen and oxygen atoms in total. The number of aromatic nitrogens is 4. The maximum Gasteiger partial charge on any atom is 0.224 e. The number of aliphatic hydroxyl groups is 1. The van der Waals surface area contributed by atoms with E-state index in [0.29, 0.717) is 24.3 Å². The lowest BCUT2D eigenvalue weighted by molar-refractivity contribution is -0.120. The third kappa shape index (κ3) is 3.74. The van der Waals surface area contributed by atoms with Crippen LogP contribution in [0.2, 0.25) is 0 Å². The lowest BCUT2D eigenvalue weighted by Gasteiger charge is -2.05. The van der Waals surface area contributed by atoms with Crippen molar-refractivity contribution in [2.45, 2.75) is 19.3 Å². The quantitative estimate of drug-likeness (QED) is 0.548. The monoisotopic (exact) mass is 340 g/mol. The van der Waals surface area contributed by atoms with Gasteiger partial charge in [-0.25, -0.2) is 9.50 Å². The summed E-state index contributed by atoms with van der Waals surface area (Å²) >= 11 is 0. The first-order valence-electron chi connectivity index (χ1n) is 8.09. The molecular weight excluding hydrogens is 320 g/mol. The second kappa shape index (κ2) is 7.71. The van der Waals surface area contributed by atoms with Gasteiger partial charge in [0.1, 0.15) is 11.8 Å². The van der Waals surface area contributed by atoms with Gasteiger partial charge in [0.25, 0.3) is 0 Å². The summed E-state index contributed by atoms with van der Waals surface area (Å²) in [5.41, 5.74) is 9.18. The van der Waals surface area contributed by atoms with Crippen molar-refractivity contribution in [3.63, 3.8) is 0 Å². The SMILES string of the molecule is Nc1ncnn2c(-c3ccncc3)cc(CC(=O)NCCCCO)c12. The van der Waals surface area contributed by atoms with Gasteiger partial charge in [0.2, 0.25) is 5.91 Å². The van der Waals surface area contributed by atoms with E-state index in [1.54, 1.807) is 16.9 Å². The van der Waals surface area contributed by atoms with Crippen molar-refractivity contribution in [1.82, 2.24) is 24.9 Å². The molecule has 0 radical (unpaired) electrons. The zero-order chi connectivity index (χ0) is 17.6. The van der Waals surface area contributed by atoms with E-state index in [1.165, 1.54) is 6.33 Å². The van der Waals surface area contributed by atoms with Crippen molar-refractivity contribution in [3.8, 4) is 11.3 Å². The number of pyridine rings is 1. The molecule has 0 atom stereocenters. The van der Waals surface area contributed by atoms with Crippen LogP contribution in [0.25, 0.3) is 16.8 Å². The highest BCUT2D eigenvalue weighted by atomic mass is 16.2. The number of rotatable bonds is 7. The average Bonchev–Trinajstić information content (AvgIpc) is 2.99. The summed E-state index contributed by atoms with van der Waals surface area (Å²) in [7, 11) is 0.